The maximum absolute atomic E-state index is 12.7. The van der Waals surface area contributed by atoms with Crippen molar-refractivity contribution in [2.75, 3.05) is 23.3 Å². The van der Waals surface area contributed by atoms with E-state index >= 15 is 0 Å². The molecule has 0 radical (unpaired) electrons. The zero-order chi connectivity index (χ0) is 17.2. The minimum atomic E-state index is -4.51. The van der Waals surface area contributed by atoms with Crippen LogP contribution >= 0.6 is 0 Å². The summed E-state index contributed by atoms with van der Waals surface area (Å²) in [5.41, 5.74) is -1.29. The van der Waals surface area contributed by atoms with Gasteiger partial charge in [-0.25, -0.2) is 15.0 Å². The van der Waals surface area contributed by atoms with Gasteiger partial charge in [0, 0.05) is 37.7 Å². The zero-order valence-electron chi connectivity index (χ0n) is 12.5. The van der Waals surface area contributed by atoms with Crippen LogP contribution < -0.4 is 15.8 Å². The average molecular weight is 340 g/mol. The molecule has 7 nitrogen and oxygen atoms in total. The molecule has 1 fully saturated rings. The fourth-order valence-corrected chi connectivity index (χ4v) is 2.63. The highest BCUT2D eigenvalue weighted by Crippen LogP contribution is 2.27. The highest BCUT2D eigenvalue weighted by Gasteiger charge is 2.33. The predicted octanol–water partition coefficient (Wildman–Crippen LogP) is 1.66. The number of alkyl halides is 3. The molecule has 2 aromatic heterocycles. The molecule has 1 unspecified atom stereocenters. The lowest BCUT2D eigenvalue weighted by Crippen LogP contribution is -2.44. The Morgan fingerprint density at radius 1 is 1.29 bits per heavy atom. The van der Waals surface area contributed by atoms with Gasteiger partial charge in [0.2, 0.25) is 5.95 Å². The number of nitrogens with zero attached hydrogens (tertiary/aromatic N) is 4. The van der Waals surface area contributed by atoms with Crippen molar-refractivity contribution >= 4 is 11.8 Å². The van der Waals surface area contributed by atoms with Crippen molar-refractivity contribution in [3.63, 3.8) is 0 Å². The first kappa shape index (κ1) is 16.2. The van der Waals surface area contributed by atoms with Crippen molar-refractivity contribution < 1.29 is 13.2 Å². The van der Waals surface area contributed by atoms with E-state index in [1.54, 1.807) is 4.90 Å². The summed E-state index contributed by atoms with van der Waals surface area (Å²) in [5, 5.41) is 2.91. The second-order valence-electron chi connectivity index (χ2n) is 5.43. The van der Waals surface area contributed by atoms with Crippen LogP contribution in [0.4, 0.5) is 24.9 Å². The second-order valence-corrected chi connectivity index (χ2v) is 5.43. The molecule has 3 rings (SSSR count). The topological polar surface area (TPSA) is 86.8 Å². The van der Waals surface area contributed by atoms with E-state index in [2.05, 4.69) is 25.3 Å². The van der Waals surface area contributed by atoms with Gasteiger partial charge in [-0.3, -0.25) is 4.79 Å². The molecule has 3 heterocycles. The molecule has 24 heavy (non-hydrogen) atoms. The van der Waals surface area contributed by atoms with Crippen LogP contribution in [-0.4, -0.2) is 39.1 Å². The van der Waals surface area contributed by atoms with Gasteiger partial charge in [-0.1, -0.05) is 0 Å². The van der Waals surface area contributed by atoms with Crippen LogP contribution in [0.2, 0.25) is 0 Å². The van der Waals surface area contributed by atoms with Crippen LogP contribution in [0.1, 0.15) is 18.5 Å². The summed E-state index contributed by atoms with van der Waals surface area (Å²) in [6, 6.07) is 0.648. The Labute approximate surface area is 135 Å². The van der Waals surface area contributed by atoms with Gasteiger partial charge in [0.15, 0.2) is 5.82 Å². The van der Waals surface area contributed by atoms with Crippen LogP contribution in [0.15, 0.2) is 29.5 Å². The van der Waals surface area contributed by atoms with Gasteiger partial charge in [0.1, 0.15) is 5.69 Å². The van der Waals surface area contributed by atoms with Crippen molar-refractivity contribution in [1.29, 1.82) is 0 Å². The molecule has 1 saturated heterocycles. The smallest absolute Gasteiger partial charge is 0.350 e. The van der Waals surface area contributed by atoms with Gasteiger partial charge in [-0.15, -0.1) is 0 Å². The molecule has 0 saturated carbocycles. The normalized spacial score (nSPS) is 18.5. The van der Waals surface area contributed by atoms with E-state index in [1.165, 1.54) is 12.4 Å². The van der Waals surface area contributed by atoms with E-state index in [0.717, 1.165) is 25.1 Å². The zero-order valence-corrected chi connectivity index (χ0v) is 12.5. The van der Waals surface area contributed by atoms with Crippen LogP contribution in [0.25, 0.3) is 0 Å². The lowest BCUT2D eigenvalue weighted by atomic mass is 10.1. The van der Waals surface area contributed by atoms with Crippen molar-refractivity contribution in [2.45, 2.75) is 25.1 Å². The summed E-state index contributed by atoms with van der Waals surface area (Å²) in [6.07, 6.45) is 1.00. The van der Waals surface area contributed by atoms with Crippen molar-refractivity contribution in [2.24, 2.45) is 0 Å². The monoisotopic (exact) mass is 340 g/mol. The van der Waals surface area contributed by atoms with Gasteiger partial charge in [0.05, 0.1) is 0 Å². The van der Waals surface area contributed by atoms with Crippen molar-refractivity contribution in [3.8, 4) is 0 Å². The molecular formula is C14H15F3N6O. The molecule has 2 N–H and O–H groups in total. The van der Waals surface area contributed by atoms with Gasteiger partial charge in [-0.05, 0) is 18.9 Å². The predicted molar refractivity (Wildman–Crippen MR) is 80.7 cm³/mol. The number of nitrogens with one attached hydrogen (secondary N) is 2. The molecule has 0 aromatic carbocycles. The molecule has 2 aromatic rings. The first-order chi connectivity index (χ1) is 11.4. The third kappa shape index (κ3) is 3.63. The van der Waals surface area contributed by atoms with Gasteiger partial charge >= 0.3 is 6.18 Å². The Balaban J connectivity index is 1.72. The lowest BCUT2D eigenvalue weighted by molar-refractivity contribution is -0.141. The lowest BCUT2D eigenvalue weighted by Gasteiger charge is -2.33. The van der Waals surface area contributed by atoms with Crippen LogP contribution in [-0.2, 0) is 6.18 Å². The Morgan fingerprint density at radius 3 is 2.88 bits per heavy atom. The Bertz CT molecular complexity index is 762. The molecule has 0 aliphatic carbocycles. The first-order valence-electron chi connectivity index (χ1n) is 7.39. The van der Waals surface area contributed by atoms with Gasteiger partial charge in [0.25, 0.3) is 5.56 Å². The number of anilines is 2. The molecule has 1 aliphatic heterocycles. The van der Waals surface area contributed by atoms with E-state index in [-0.39, 0.29) is 17.5 Å². The van der Waals surface area contributed by atoms with E-state index in [4.69, 9.17) is 0 Å². The number of aromatic nitrogens is 4. The van der Waals surface area contributed by atoms with E-state index in [9.17, 15) is 18.0 Å². The standard InChI is InChI=1S/C14H15F3N6O/c15-14(16,17)10-3-4-20-13(22-10)21-9-2-1-7-23(8-9)11-12(24)19-6-5-18-11/h3-6,9H,1-2,7-8H2,(H,19,24)(H,20,21,22). The Morgan fingerprint density at radius 2 is 2.12 bits per heavy atom. The minimum absolute atomic E-state index is 0.0772. The number of hydrogen-bond donors (Lipinski definition) is 2. The molecular weight excluding hydrogens is 325 g/mol. The molecule has 1 atom stereocenters. The number of aromatic amines is 1. The van der Waals surface area contributed by atoms with Crippen LogP contribution in [0, 0.1) is 0 Å². The summed E-state index contributed by atoms with van der Waals surface area (Å²) in [5.74, 6) is 0.223. The first-order valence-corrected chi connectivity index (χ1v) is 7.39. The third-order valence-electron chi connectivity index (χ3n) is 3.69. The molecule has 1 aliphatic rings. The molecule has 0 spiro atoms. The summed E-state index contributed by atoms with van der Waals surface area (Å²) in [4.78, 5) is 27.6. The molecule has 128 valence electrons. The van der Waals surface area contributed by atoms with E-state index in [0.29, 0.717) is 18.9 Å². The SMILES string of the molecule is O=c1[nH]ccnc1N1CCCC(Nc2nccc(C(F)(F)F)n2)C1. The largest absolute Gasteiger partial charge is 0.433 e. The van der Waals surface area contributed by atoms with Gasteiger partial charge in [-0.2, -0.15) is 13.2 Å². The summed E-state index contributed by atoms with van der Waals surface area (Å²) >= 11 is 0. The van der Waals surface area contributed by atoms with Crippen molar-refractivity contribution in [3.05, 3.63) is 40.7 Å². The van der Waals surface area contributed by atoms with Crippen LogP contribution in [0.5, 0.6) is 0 Å². The summed E-state index contributed by atoms with van der Waals surface area (Å²) in [6.45, 7) is 1.08. The highest BCUT2D eigenvalue weighted by molar-refractivity contribution is 5.38. The van der Waals surface area contributed by atoms with Gasteiger partial charge < -0.3 is 15.2 Å². The molecule has 0 amide bonds. The van der Waals surface area contributed by atoms with Crippen molar-refractivity contribution in [1.82, 2.24) is 19.9 Å². The van der Waals surface area contributed by atoms with E-state index < -0.39 is 11.9 Å². The number of halogens is 3. The van der Waals surface area contributed by atoms with E-state index in [1.807, 2.05) is 0 Å². The molecule has 0 bridgehead atoms. The summed E-state index contributed by atoms with van der Waals surface area (Å²) < 4.78 is 38.1. The maximum Gasteiger partial charge on any atom is 0.433 e. The number of rotatable bonds is 3. The Kier molecular flexibility index (Phi) is 4.36. The Hall–Kier alpha value is -2.65. The highest BCUT2D eigenvalue weighted by atomic mass is 19.4. The second kappa shape index (κ2) is 6.46. The van der Waals surface area contributed by atoms with Crippen LogP contribution in [0.3, 0.4) is 0 Å². The number of H-pyrrole nitrogens is 1. The quantitative estimate of drug-likeness (QED) is 0.884. The number of hydrogen-bond acceptors (Lipinski definition) is 6. The third-order valence-corrected chi connectivity index (χ3v) is 3.69. The summed E-state index contributed by atoms with van der Waals surface area (Å²) in [7, 11) is 0. The fraction of sp³-hybridized carbons (Fsp3) is 0.429. The number of piperidine rings is 1. The fourth-order valence-electron chi connectivity index (χ4n) is 2.63. The minimum Gasteiger partial charge on any atom is -0.350 e. The maximum atomic E-state index is 12.7. The molecule has 10 heteroatoms. The average Bonchev–Trinajstić information content (AvgIpc) is 2.55.